The van der Waals surface area contributed by atoms with Crippen LogP contribution in [0.25, 0.3) is 0 Å². The van der Waals surface area contributed by atoms with Crippen molar-refractivity contribution in [2.45, 2.75) is 20.4 Å². The van der Waals surface area contributed by atoms with Gasteiger partial charge >= 0.3 is 5.97 Å². The van der Waals surface area contributed by atoms with Crippen molar-refractivity contribution in [3.05, 3.63) is 94.0 Å². The summed E-state index contributed by atoms with van der Waals surface area (Å²) in [5.74, 6) is -0.909. The van der Waals surface area contributed by atoms with E-state index < -0.39 is 5.97 Å². The highest BCUT2D eigenvalue weighted by Gasteiger charge is 2.26. The lowest BCUT2D eigenvalue weighted by Crippen LogP contribution is -2.49. The Morgan fingerprint density at radius 3 is 2.05 bits per heavy atom. The molecule has 1 amide bonds. The van der Waals surface area contributed by atoms with Crippen molar-refractivity contribution in [3.8, 4) is 6.07 Å². The van der Waals surface area contributed by atoms with E-state index in [-0.39, 0.29) is 11.5 Å². The molecule has 3 aromatic carbocycles. The molecule has 0 bridgehead atoms. The molecule has 2 aliphatic heterocycles. The maximum atomic E-state index is 13.6. The van der Waals surface area contributed by atoms with Gasteiger partial charge in [-0.2, -0.15) is 5.26 Å². The molecule has 8 nitrogen and oxygen atoms in total. The summed E-state index contributed by atoms with van der Waals surface area (Å²) in [6, 6.07) is 21.3. The summed E-state index contributed by atoms with van der Waals surface area (Å²) >= 11 is 0. The molecule has 2 saturated heterocycles. The van der Waals surface area contributed by atoms with Crippen LogP contribution < -0.4 is 9.80 Å². The first-order valence-electron chi connectivity index (χ1n) is 13.8. The number of piperazine rings is 2. The summed E-state index contributed by atoms with van der Waals surface area (Å²) in [6.07, 6.45) is 0. The third kappa shape index (κ3) is 5.65. The fourth-order valence-electron chi connectivity index (χ4n) is 5.78. The van der Waals surface area contributed by atoms with Gasteiger partial charge in [0.1, 0.15) is 6.07 Å². The van der Waals surface area contributed by atoms with Crippen LogP contribution in [0.4, 0.5) is 11.4 Å². The van der Waals surface area contributed by atoms with E-state index in [0.29, 0.717) is 37.4 Å². The van der Waals surface area contributed by atoms with Crippen molar-refractivity contribution >= 4 is 23.3 Å². The molecule has 2 aliphatic rings. The van der Waals surface area contributed by atoms with Crippen LogP contribution in [0.1, 0.15) is 43.0 Å². The van der Waals surface area contributed by atoms with E-state index in [1.54, 1.807) is 12.1 Å². The molecular weight excluding hydrogens is 502 g/mol. The molecule has 0 aromatic heterocycles. The Morgan fingerprint density at radius 1 is 0.775 bits per heavy atom. The number of nitrogens with zero attached hydrogens (tertiary/aromatic N) is 5. The average molecular weight is 538 g/mol. The van der Waals surface area contributed by atoms with Crippen LogP contribution in [-0.2, 0) is 6.54 Å². The number of carbonyl (C=O) groups is 2. The number of aryl methyl sites for hydroxylation is 2. The number of carbonyl (C=O) groups excluding carboxylic acids is 1. The van der Waals surface area contributed by atoms with Gasteiger partial charge in [-0.15, -0.1) is 0 Å². The predicted molar refractivity (Wildman–Crippen MR) is 156 cm³/mol. The highest BCUT2D eigenvalue weighted by molar-refractivity contribution is 5.96. The quantitative estimate of drug-likeness (QED) is 0.505. The molecule has 0 radical (unpaired) electrons. The van der Waals surface area contributed by atoms with Crippen molar-refractivity contribution in [2.24, 2.45) is 0 Å². The number of aromatic carboxylic acids is 1. The van der Waals surface area contributed by atoms with Crippen molar-refractivity contribution in [1.82, 2.24) is 9.80 Å². The fourth-order valence-corrected chi connectivity index (χ4v) is 5.78. The van der Waals surface area contributed by atoms with Crippen molar-refractivity contribution in [3.63, 3.8) is 0 Å². The SMILES string of the molecule is Cc1cc(C)c(C(=O)N2CCN(c3ccccc3C(=O)O)CC2)cc1CN1CCN(c2ccccc2C#N)CC1. The first-order chi connectivity index (χ1) is 19.4. The van der Waals surface area contributed by atoms with Gasteiger partial charge in [0.2, 0.25) is 0 Å². The van der Waals surface area contributed by atoms with Crippen LogP contribution in [0.5, 0.6) is 0 Å². The van der Waals surface area contributed by atoms with Crippen LogP contribution in [0, 0.1) is 25.2 Å². The first kappa shape index (κ1) is 27.2. The molecule has 8 heteroatoms. The molecule has 3 aromatic rings. The summed E-state index contributed by atoms with van der Waals surface area (Å²) in [6.45, 7) is 10.6. The Kier molecular flexibility index (Phi) is 8.04. The molecule has 2 heterocycles. The van der Waals surface area contributed by atoms with E-state index in [4.69, 9.17) is 0 Å². The molecule has 0 saturated carbocycles. The summed E-state index contributed by atoms with van der Waals surface area (Å²) in [4.78, 5) is 33.9. The van der Waals surface area contributed by atoms with Gasteiger partial charge in [-0.3, -0.25) is 9.69 Å². The van der Waals surface area contributed by atoms with Crippen molar-refractivity contribution in [2.75, 3.05) is 62.2 Å². The van der Waals surface area contributed by atoms with Crippen LogP contribution in [0.2, 0.25) is 0 Å². The Labute approximate surface area is 235 Å². The van der Waals surface area contributed by atoms with Gasteiger partial charge < -0.3 is 19.8 Å². The fraction of sp³-hybridized carbons (Fsp3) is 0.344. The largest absolute Gasteiger partial charge is 0.478 e. The second-order valence-corrected chi connectivity index (χ2v) is 10.6. The van der Waals surface area contributed by atoms with Gasteiger partial charge in [-0.05, 0) is 60.9 Å². The number of carboxylic acid groups (broad SMARTS) is 1. The zero-order valence-corrected chi connectivity index (χ0v) is 23.1. The normalized spacial score (nSPS) is 16.1. The molecule has 206 valence electrons. The van der Waals surface area contributed by atoms with E-state index in [2.05, 4.69) is 39.8 Å². The van der Waals surface area contributed by atoms with Gasteiger partial charge in [0.05, 0.1) is 22.5 Å². The lowest BCUT2D eigenvalue weighted by molar-refractivity contribution is 0.0692. The van der Waals surface area contributed by atoms with Crippen molar-refractivity contribution < 1.29 is 14.7 Å². The van der Waals surface area contributed by atoms with Gasteiger partial charge in [0, 0.05) is 64.5 Å². The number of para-hydroxylation sites is 2. The van der Waals surface area contributed by atoms with Crippen LogP contribution in [-0.4, -0.2) is 79.1 Å². The minimum atomic E-state index is -0.940. The second-order valence-electron chi connectivity index (χ2n) is 10.6. The minimum absolute atomic E-state index is 0.0304. The molecule has 0 aliphatic carbocycles. The van der Waals surface area contributed by atoms with Gasteiger partial charge in [-0.25, -0.2) is 4.79 Å². The van der Waals surface area contributed by atoms with Crippen molar-refractivity contribution in [1.29, 1.82) is 5.26 Å². The number of anilines is 2. The smallest absolute Gasteiger partial charge is 0.337 e. The number of hydrogen-bond acceptors (Lipinski definition) is 6. The van der Waals surface area contributed by atoms with E-state index in [9.17, 15) is 20.0 Å². The third-order valence-corrected chi connectivity index (χ3v) is 8.09. The molecule has 0 unspecified atom stereocenters. The molecule has 40 heavy (non-hydrogen) atoms. The van der Waals surface area contributed by atoms with Gasteiger partial charge in [0.15, 0.2) is 0 Å². The number of amides is 1. The summed E-state index contributed by atoms with van der Waals surface area (Å²) < 4.78 is 0. The van der Waals surface area contributed by atoms with E-state index in [1.807, 2.05) is 48.2 Å². The number of hydrogen-bond donors (Lipinski definition) is 1. The topological polar surface area (TPSA) is 91.1 Å². The highest BCUT2D eigenvalue weighted by Crippen LogP contribution is 2.25. The van der Waals surface area contributed by atoms with E-state index in [1.165, 1.54) is 5.56 Å². The molecule has 0 spiro atoms. The highest BCUT2D eigenvalue weighted by atomic mass is 16.4. The lowest BCUT2D eigenvalue weighted by atomic mass is 9.98. The number of rotatable bonds is 6. The minimum Gasteiger partial charge on any atom is -0.478 e. The first-order valence-corrected chi connectivity index (χ1v) is 13.8. The zero-order chi connectivity index (χ0) is 28.2. The standard InChI is InChI=1S/C32H35N5O3/c1-23-19-24(2)28(31(38)37-17-15-36(16-18-37)30-10-6-4-8-27(30)32(39)40)20-26(23)22-34-11-13-35(14-12-34)29-9-5-3-7-25(29)21-33/h3-10,19-20H,11-18,22H2,1-2H3,(H,39,40). The molecule has 1 N–H and O–H groups in total. The second kappa shape index (κ2) is 11.8. The maximum Gasteiger partial charge on any atom is 0.337 e. The molecular formula is C32H35N5O3. The van der Waals surface area contributed by atoms with Gasteiger partial charge in [0.25, 0.3) is 5.91 Å². The van der Waals surface area contributed by atoms with Crippen LogP contribution >= 0.6 is 0 Å². The summed E-state index contributed by atoms with van der Waals surface area (Å²) in [5.41, 5.74) is 6.75. The molecule has 5 rings (SSSR count). The zero-order valence-electron chi connectivity index (χ0n) is 23.1. The summed E-state index contributed by atoms with van der Waals surface area (Å²) in [7, 11) is 0. The number of nitriles is 1. The van der Waals surface area contributed by atoms with Crippen LogP contribution in [0.3, 0.4) is 0 Å². The predicted octanol–water partition coefficient (Wildman–Crippen LogP) is 4.16. The average Bonchev–Trinajstić information content (AvgIpc) is 2.98. The summed E-state index contributed by atoms with van der Waals surface area (Å²) in [5, 5.41) is 19.0. The van der Waals surface area contributed by atoms with E-state index >= 15 is 0 Å². The van der Waals surface area contributed by atoms with Gasteiger partial charge in [-0.1, -0.05) is 30.3 Å². The molecule has 0 atom stereocenters. The van der Waals surface area contributed by atoms with E-state index in [0.717, 1.165) is 55.1 Å². The molecule has 2 fully saturated rings. The van der Waals surface area contributed by atoms with Crippen LogP contribution in [0.15, 0.2) is 60.7 Å². The lowest BCUT2D eigenvalue weighted by Gasteiger charge is -2.37. The third-order valence-electron chi connectivity index (χ3n) is 8.09. The Morgan fingerprint density at radius 2 is 1.38 bits per heavy atom. The number of benzene rings is 3. The maximum absolute atomic E-state index is 13.6. The number of carboxylic acids is 1. The Bertz CT molecular complexity index is 1450. The Hall–Kier alpha value is -4.35. The monoisotopic (exact) mass is 537 g/mol. The Balaban J connectivity index is 1.23.